The van der Waals surface area contributed by atoms with Crippen molar-refractivity contribution in [2.45, 2.75) is 56.2 Å². The van der Waals surface area contributed by atoms with Crippen molar-refractivity contribution >= 4 is 11.9 Å². The van der Waals surface area contributed by atoms with Crippen LogP contribution in [-0.2, 0) is 14.3 Å². The van der Waals surface area contributed by atoms with Gasteiger partial charge in [-0.15, -0.1) is 0 Å². The molecule has 0 saturated heterocycles. The summed E-state index contributed by atoms with van der Waals surface area (Å²) in [4.78, 5) is 20.9. The molecule has 32 heavy (non-hydrogen) atoms. The van der Waals surface area contributed by atoms with Gasteiger partial charge in [-0.05, 0) is 5.92 Å². The molecule has 0 aliphatic carbocycles. The van der Waals surface area contributed by atoms with Crippen LogP contribution in [-0.4, -0.2) is 53.0 Å². The van der Waals surface area contributed by atoms with E-state index < -0.39 is 72.2 Å². The lowest BCUT2D eigenvalue weighted by Crippen LogP contribution is -2.69. The van der Waals surface area contributed by atoms with E-state index in [4.69, 9.17) is 5.11 Å². The molecule has 0 radical (unpaired) electrons. The van der Waals surface area contributed by atoms with E-state index in [0.717, 1.165) is 0 Å². The fourth-order valence-electron chi connectivity index (χ4n) is 2.22. The van der Waals surface area contributed by atoms with Crippen LogP contribution in [0, 0.1) is 11.8 Å². The number of aliphatic carboxylic acids is 1. The Balaban J connectivity index is 6.34. The number of ether oxygens (including phenoxy) is 1. The first-order valence-corrected chi connectivity index (χ1v) is 7.95. The van der Waals surface area contributed by atoms with E-state index in [9.17, 15) is 66.7 Å². The Morgan fingerprint density at radius 3 is 1.56 bits per heavy atom. The second kappa shape index (κ2) is 8.96. The lowest BCUT2D eigenvalue weighted by molar-refractivity contribution is -0.442. The monoisotopic (exact) mass is 504 g/mol. The smallest absolute Gasteiger partial charge is 0.473 e. The van der Waals surface area contributed by atoms with Gasteiger partial charge in [0.25, 0.3) is 0 Å². The number of hydrogen-bond donors (Lipinski definition) is 1. The van der Waals surface area contributed by atoms with Gasteiger partial charge in [-0.1, -0.05) is 13.8 Å². The number of carboxylic acid groups (broad SMARTS) is 1. The maximum atomic E-state index is 14.0. The van der Waals surface area contributed by atoms with Crippen molar-refractivity contribution in [3.8, 4) is 0 Å². The zero-order valence-corrected chi connectivity index (χ0v) is 15.6. The van der Waals surface area contributed by atoms with Crippen molar-refractivity contribution in [2.75, 3.05) is 0 Å². The predicted molar refractivity (Wildman–Crippen MR) is 76.6 cm³/mol. The lowest BCUT2D eigenvalue weighted by atomic mass is 9.80. The second-order valence-electron chi connectivity index (χ2n) is 6.63. The molecule has 0 fully saturated rings. The number of rotatable bonds is 10. The zero-order valence-electron chi connectivity index (χ0n) is 15.6. The molecule has 188 valence electrons. The molecule has 0 aromatic carbocycles. The van der Waals surface area contributed by atoms with Gasteiger partial charge in [-0.3, -0.25) is 0 Å². The molecule has 17 heteroatoms. The summed E-state index contributed by atoms with van der Waals surface area (Å²) in [5.74, 6) is -40.3. The van der Waals surface area contributed by atoms with Gasteiger partial charge in [-0.2, -0.15) is 57.1 Å². The molecule has 0 aromatic rings. The minimum absolute atomic E-state index is 0.318. The molecule has 0 heterocycles. The van der Waals surface area contributed by atoms with E-state index in [1.807, 2.05) is 0 Å². The second-order valence-corrected chi connectivity index (χ2v) is 6.63. The Morgan fingerprint density at radius 2 is 1.22 bits per heavy atom. The maximum absolute atomic E-state index is 14.0. The quantitative estimate of drug-likeness (QED) is 0.242. The molecule has 0 rings (SSSR count). The van der Waals surface area contributed by atoms with Crippen LogP contribution in [0.15, 0.2) is 12.2 Å². The summed E-state index contributed by atoms with van der Waals surface area (Å²) in [6.07, 6.45) is -16.3. The molecule has 0 saturated carbocycles. The number of hydrogen-bond acceptors (Lipinski definition) is 3. The van der Waals surface area contributed by atoms with E-state index in [1.165, 1.54) is 0 Å². The molecular formula is C15H13F13O4. The normalized spacial score (nSPS) is 15.9. The molecule has 0 aliphatic rings. The molecule has 1 atom stereocenters. The highest BCUT2D eigenvalue weighted by atomic mass is 19.4. The third-order valence-electron chi connectivity index (χ3n) is 3.89. The summed E-state index contributed by atoms with van der Waals surface area (Å²) in [5.41, 5.74) is 0. The van der Waals surface area contributed by atoms with Gasteiger partial charge in [-0.25, -0.2) is 9.59 Å². The maximum Gasteiger partial charge on any atom is 0.473 e. The minimum atomic E-state index is -7.78. The molecule has 4 nitrogen and oxygen atoms in total. The van der Waals surface area contributed by atoms with Crippen molar-refractivity contribution < 1.29 is 76.5 Å². The topological polar surface area (TPSA) is 63.6 Å². The molecule has 1 unspecified atom stereocenters. The average Bonchev–Trinajstić information content (AvgIpc) is 2.55. The van der Waals surface area contributed by atoms with E-state index in [2.05, 4.69) is 4.74 Å². The van der Waals surface area contributed by atoms with Crippen LogP contribution >= 0.6 is 0 Å². The molecule has 0 bridgehead atoms. The van der Waals surface area contributed by atoms with E-state index in [-0.39, 0.29) is 6.08 Å². The molecule has 0 aliphatic heterocycles. The molecule has 0 aromatic heterocycles. The van der Waals surface area contributed by atoms with Crippen LogP contribution in [0.2, 0.25) is 0 Å². The van der Waals surface area contributed by atoms with Gasteiger partial charge in [0.1, 0.15) is 0 Å². The van der Waals surface area contributed by atoms with Crippen molar-refractivity contribution in [1.82, 2.24) is 0 Å². The summed E-state index contributed by atoms with van der Waals surface area (Å²) < 4.78 is 177. The standard InChI is InChI=1S/C15H13F13O4/c1-6(2)7(5-10(16,17)18)11(19,20)12(21,22)13(23,24)14(25,26)15(27,28)32-9(31)4-3-8(29)30/h3-4,6-7H,5H2,1-2H3,(H,29,30)/b4-3+. The fourth-order valence-corrected chi connectivity index (χ4v) is 2.22. The van der Waals surface area contributed by atoms with E-state index in [1.54, 1.807) is 0 Å². The van der Waals surface area contributed by atoms with E-state index >= 15 is 0 Å². The number of alkyl halides is 13. The number of esters is 1. The van der Waals surface area contributed by atoms with Gasteiger partial charge >= 0.3 is 47.9 Å². The third kappa shape index (κ3) is 5.76. The van der Waals surface area contributed by atoms with Crippen LogP contribution in [0.4, 0.5) is 57.1 Å². The first kappa shape index (κ1) is 29.8. The Bertz CT molecular complexity index is 725. The summed E-state index contributed by atoms with van der Waals surface area (Å²) in [5, 5.41) is 8.11. The van der Waals surface area contributed by atoms with Gasteiger partial charge in [0.2, 0.25) is 0 Å². The highest BCUT2D eigenvalue weighted by Crippen LogP contribution is 2.60. The highest BCUT2D eigenvalue weighted by Gasteiger charge is 2.88. The summed E-state index contributed by atoms with van der Waals surface area (Å²) in [7, 11) is 0. The van der Waals surface area contributed by atoms with Crippen LogP contribution in [0.5, 0.6) is 0 Å². The van der Waals surface area contributed by atoms with Gasteiger partial charge in [0.05, 0.1) is 6.42 Å². The van der Waals surface area contributed by atoms with Crippen LogP contribution in [0.3, 0.4) is 0 Å². The molecule has 0 amide bonds. The number of halogens is 13. The zero-order chi connectivity index (χ0) is 26.1. The lowest BCUT2D eigenvalue weighted by Gasteiger charge is -2.42. The fraction of sp³-hybridized carbons (Fsp3) is 0.733. The molecule has 0 spiro atoms. The molecular weight excluding hydrogens is 491 g/mol. The first-order valence-electron chi connectivity index (χ1n) is 7.95. The Kier molecular flexibility index (Phi) is 8.33. The molecule has 1 N–H and O–H groups in total. The van der Waals surface area contributed by atoms with Gasteiger partial charge in [0.15, 0.2) is 0 Å². The summed E-state index contributed by atoms with van der Waals surface area (Å²) in [6.45, 7) is 0.865. The van der Waals surface area contributed by atoms with Gasteiger partial charge < -0.3 is 9.84 Å². The van der Waals surface area contributed by atoms with Crippen molar-refractivity contribution in [1.29, 1.82) is 0 Å². The SMILES string of the molecule is CC(C)C(CC(F)(F)F)C(F)(F)C(F)(F)C(F)(F)C(F)(F)C(F)(F)OC(=O)/C=C/C(=O)O. The van der Waals surface area contributed by atoms with Crippen LogP contribution in [0.1, 0.15) is 20.3 Å². The van der Waals surface area contributed by atoms with Crippen LogP contribution < -0.4 is 0 Å². The Hall–Kier alpha value is -2.23. The Labute approximate surface area is 170 Å². The minimum Gasteiger partial charge on any atom is -0.478 e. The number of carbonyl (C=O) groups is 2. The number of carbonyl (C=O) groups excluding carboxylic acids is 1. The van der Waals surface area contributed by atoms with Gasteiger partial charge in [0, 0.05) is 18.1 Å². The van der Waals surface area contributed by atoms with E-state index in [0.29, 0.717) is 13.8 Å². The Morgan fingerprint density at radius 1 is 0.781 bits per heavy atom. The predicted octanol–water partition coefficient (Wildman–Crippen LogP) is 5.53. The largest absolute Gasteiger partial charge is 0.478 e. The number of carboxylic acids is 1. The van der Waals surface area contributed by atoms with Crippen molar-refractivity contribution in [3.63, 3.8) is 0 Å². The summed E-state index contributed by atoms with van der Waals surface area (Å²) in [6, 6.07) is 0. The first-order chi connectivity index (χ1) is 13.8. The van der Waals surface area contributed by atoms with Crippen molar-refractivity contribution in [3.05, 3.63) is 12.2 Å². The van der Waals surface area contributed by atoms with Crippen LogP contribution in [0.25, 0.3) is 0 Å². The average molecular weight is 504 g/mol. The summed E-state index contributed by atoms with van der Waals surface area (Å²) >= 11 is 0. The third-order valence-corrected chi connectivity index (χ3v) is 3.89. The highest BCUT2D eigenvalue weighted by molar-refractivity contribution is 5.90. The van der Waals surface area contributed by atoms with Crippen molar-refractivity contribution in [2.24, 2.45) is 11.8 Å².